The van der Waals surface area contributed by atoms with E-state index in [1.54, 1.807) is 11.9 Å². The summed E-state index contributed by atoms with van der Waals surface area (Å²) in [5, 5.41) is 12.1. The summed E-state index contributed by atoms with van der Waals surface area (Å²) >= 11 is 1.49. The molecule has 1 aromatic carbocycles. The minimum atomic E-state index is -0.0735. The summed E-state index contributed by atoms with van der Waals surface area (Å²) in [5.41, 5.74) is 2.75. The molecule has 0 atom stereocenters. The summed E-state index contributed by atoms with van der Waals surface area (Å²) in [6, 6.07) is 8.37. The van der Waals surface area contributed by atoms with Crippen LogP contribution in [0.15, 0.2) is 29.6 Å². The Hall–Kier alpha value is -1.72. The molecule has 1 saturated carbocycles. The van der Waals surface area contributed by atoms with Gasteiger partial charge < -0.3 is 10.0 Å². The summed E-state index contributed by atoms with van der Waals surface area (Å²) in [6.07, 6.45) is 1.98. The number of aliphatic hydroxyl groups is 1. The molecular weight excluding hydrogens is 320 g/mol. The maximum atomic E-state index is 12.5. The first kappa shape index (κ1) is 17.1. The Morgan fingerprint density at radius 1 is 1.33 bits per heavy atom. The van der Waals surface area contributed by atoms with Crippen molar-refractivity contribution in [3.8, 4) is 10.6 Å². The lowest BCUT2D eigenvalue weighted by Crippen LogP contribution is -2.34. The Labute approximate surface area is 147 Å². The Morgan fingerprint density at radius 2 is 2.00 bits per heavy atom. The minimum absolute atomic E-state index is 0.0731. The Balaban J connectivity index is 1.71. The molecule has 1 N–H and O–H groups in total. The van der Waals surface area contributed by atoms with Crippen molar-refractivity contribution in [2.24, 2.45) is 5.41 Å². The lowest BCUT2D eigenvalue weighted by Gasteiger charge is -2.21. The third-order valence-electron chi connectivity index (χ3n) is 4.76. The standard InChI is InChI=1S/C19H24N2O2S/c1-13(2)14-4-6-15(7-5-14)17-20-16(10-24-17)18(23)21(3)11-19(12-22)8-9-19/h4-7,10,13,22H,8-9,11-12H2,1-3H3. The fraction of sp³-hybridized carbons (Fsp3) is 0.474. The van der Waals surface area contributed by atoms with Crippen LogP contribution in [0.4, 0.5) is 0 Å². The first-order chi connectivity index (χ1) is 11.4. The number of benzene rings is 1. The van der Waals surface area contributed by atoms with Crippen LogP contribution >= 0.6 is 11.3 Å². The summed E-state index contributed by atoms with van der Waals surface area (Å²) in [4.78, 5) is 18.7. The largest absolute Gasteiger partial charge is 0.396 e. The molecule has 1 heterocycles. The SMILES string of the molecule is CC(C)c1ccc(-c2nc(C(=O)N(C)CC3(CO)CC3)cs2)cc1. The number of carbonyl (C=O) groups is 1. The molecule has 24 heavy (non-hydrogen) atoms. The van der Waals surface area contributed by atoms with Crippen molar-refractivity contribution < 1.29 is 9.90 Å². The van der Waals surface area contributed by atoms with Gasteiger partial charge in [0.25, 0.3) is 5.91 Å². The van der Waals surface area contributed by atoms with Gasteiger partial charge >= 0.3 is 0 Å². The van der Waals surface area contributed by atoms with E-state index in [9.17, 15) is 9.90 Å². The van der Waals surface area contributed by atoms with Crippen LogP contribution in [0, 0.1) is 5.41 Å². The van der Waals surface area contributed by atoms with Gasteiger partial charge in [0.05, 0.1) is 6.61 Å². The smallest absolute Gasteiger partial charge is 0.273 e. The number of rotatable bonds is 6. The van der Waals surface area contributed by atoms with Crippen molar-refractivity contribution in [1.82, 2.24) is 9.88 Å². The van der Waals surface area contributed by atoms with Gasteiger partial charge in [-0.05, 0) is 24.3 Å². The van der Waals surface area contributed by atoms with Crippen LogP contribution in [0.2, 0.25) is 0 Å². The fourth-order valence-corrected chi connectivity index (χ4v) is 3.63. The predicted molar refractivity (Wildman–Crippen MR) is 97.4 cm³/mol. The summed E-state index contributed by atoms with van der Waals surface area (Å²) < 4.78 is 0. The van der Waals surface area contributed by atoms with Crippen molar-refractivity contribution >= 4 is 17.2 Å². The van der Waals surface area contributed by atoms with Gasteiger partial charge in [-0.1, -0.05) is 38.1 Å². The zero-order chi connectivity index (χ0) is 17.3. The van der Waals surface area contributed by atoms with E-state index < -0.39 is 0 Å². The highest BCUT2D eigenvalue weighted by molar-refractivity contribution is 7.13. The molecule has 2 aromatic rings. The molecule has 1 amide bonds. The van der Waals surface area contributed by atoms with E-state index in [-0.39, 0.29) is 17.9 Å². The molecule has 128 valence electrons. The molecule has 0 saturated heterocycles. The maximum absolute atomic E-state index is 12.5. The second-order valence-corrected chi connectivity index (χ2v) is 7.99. The molecule has 3 rings (SSSR count). The summed E-state index contributed by atoms with van der Waals surface area (Å²) in [5.74, 6) is 0.429. The van der Waals surface area contributed by atoms with Gasteiger partial charge in [0, 0.05) is 30.0 Å². The minimum Gasteiger partial charge on any atom is -0.396 e. The molecule has 1 aliphatic rings. The van der Waals surface area contributed by atoms with Crippen molar-refractivity contribution in [2.75, 3.05) is 20.2 Å². The zero-order valence-electron chi connectivity index (χ0n) is 14.5. The van der Waals surface area contributed by atoms with Crippen LogP contribution in [0.3, 0.4) is 0 Å². The van der Waals surface area contributed by atoms with Gasteiger partial charge in [0.15, 0.2) is 0 Å². The molecule has 0 radical (unpaired) electrons. The van der Waals surface area contributed by atoms with Crippen LogP contribution in [0.1, 0.15) is 48.7 Å². The molecule has 5 heteroatoms. The highest BCUT2D eigenvalue weighted by atomic mass is 32.1. The lowest BCUT2D eigenvalue weighted by molar-refractivity contribution is 0.0728. The molecular formula is C19H24N2O2S. The first-order valence-corrected chi connectivity index (χ1v) is 9.24. The van der Waals surface area contributed by atoms with Crippen molar-refractivity contribution in [2.45, 2.75) is 32.6 Å². The summed E-state index contributed by atoms with van der Waals surface area (Å²) in [6.45, 7) is 5.08. The van der Waals surface area contributed by atoms with Crippen molar-refractivity contribution in [3.63, 3.8) is 0 Å². The first-order valence-electron chi connectivity index (χ1n) is 8.36. The highest BCUT2D eigenvalue weighted by Gasteiger charge is 2.43. The molecule has 1 aliphatic carbocycles. The van der Waals surface area contributed by atoms with Gasteiger partial charge in [-0.3, -0.25) is 4.79 Å². The third kappa shape index (κ3) is 3.52. The van der Waals surface area contributed by atoms with Gasteiger partial charge in [-0.2, -0.15) is 0 Å². The number of amides is 1. The molecule has 4 nitrogen and oxygen atoms in total. The van der Waals surface area contributed by atoms with Crippen LogP contribution < -0.4 is 0 Å². The Bertz CT molecular complexity index is 717. The number of aliphatic hydroxyl groups excluding tert-OH is 1. The van der Waals surface area contributed by atoms with E-state index in [2.05, 4.69) is 43.1 Å². The average Bonchev–Trinajstić information content (AvgIpc) is 3.18. The Kier molecular flexibility index (Phi) is 4.74. The van der Waals surface area contributed by atoms with Crippen LogP contribution in [0.25, 0.3) is 10.6 Å². The van der Waals surface area contributed by atoms with Gasteiger partial charge in [-0.25, -0.2) is 4.98 Å². The Morgan fingerprint density at radius 3 is 2.54 bits per heavy atom. The molecule has 0 unspecified atom stereocenters. The number of nitrogens with zero attached hydrogens (tertiary/aromatic N) is 2. The molecule has 0 bridgehead atoms. The topological polar surface area (TPSA) is 53.4 Å². The molecule has 0 spiro atoms. The highest BCUT2D eigenvalue weighted by Crippen LogP contribution is 2.45. The fourth-order valence-electron chi connectivity index (χ4n) is 2.83. The average molecular weight is 344 g/mol. The van der Waals surface area contributed by atoms with E-state index in [1.807, 2.05) is 5.38 Å². The van der Waals surface area contributed by atoms with Gasteiger partial charge in [-0.15, -0.1) is 11.3 Å². The van der Waals surface area contributed by atoms with E-state index in [1.165, 1.54) is 16.9 Å². The molecule has 0 aliphatic heterocycles. The van der Waals surface area contributed by atoms with E-state index in [0.29, 0.717) is 18.2 Å². The maximum Gasteiger partial charge on any atom is 0.273 e. The summed E-state index contributed by atoms with van der Waals surface area (Å²) in [7, 11) is 1.79. The van der Waals surface area contributed by atoms with Crippen LogP contribution in [-0.4, -0.2) is 41.1 Å². The van der Waals surface area contributed by atoms with E-state index in [0.717, 1.165) is 23.4 Å². The van der Waals surface area contributed by atoms with Gasteiger partial charge in [0.1, 0.15) is 10.7 Å². The monoisotopic (exact) mass is 344 g/mol. The zero-order valence-corrected chi connectivity index (χ0v) is 15.3. The van der Waals surface area contributed by atoms with Crippen LogP contribution in [0.5, 0.6) is 0 Å². The number of thiazole rings is 1. The third-order valence-corrected chi connectivity index (χ3v) is 5.65. The predicted octanol–water partition coefficient (Wildman–Crippen LogP) is 3.78. The number of carbonyl (C=O) groups excluding carboxylic acids is 1. The number of hydrogen-bond donors (Lipinski definition) is 1. The second kappa shape index (κ2) is 6.65. The van der Waals surface area contributed by atoms with Gasteiger partial charge in [0.2, 0.25) is 0 Å². The number of aromatic nitrogens is 1. The van der Waals surface area contributed by atoms with E-state index in [4.69, 9.17) is 0 Å². The second-order valence-electron chi connectivity index (χ2n) is 7.13. The lowest BCUT2D eigenvalue weighted by atomic mass is 10.0. The normalized spacial score (nSPS) is 15.5. The quantitative estimate of drug-likeness (QED) is 0.868. The van der Waals surface area contributed by atoms with Crippen LogP contribution in [-0.2, 0) is 0 Å². The molecule has 1 aromatic heterocycles. The number of hydrogen-bond acceptors (Lipinski definition) is 4. The van der Waals surface area contributed by atoms with E-state index >= 15 is 0 Å². The van der Waals surface area contributed by atoms with Crippen molar-refractivity contribution in [3.05, 3.63) is 40.9 Å². The van der Waals surface area contributed by atoms with Crippen molar-refractivity contribution in [1.29, 1.82) is 0 Å². The molecule has 1 fully saturated rings.